The zero-order chi connectivity index (χ0) is 13.4. The van der Waals surface area contributed by atoms with Gasteiger partial charge in [-0.2, -0.15) is 20.0 Å². The first-order valence-electron chi connectivity index (χ1n) is 5.56. The maximum atomic E-state index is 9.31. The summed E-state index contributed by atoms with van der Waals surface area (Å²) < 4.78 is 1.38. The first-order valence-corrected chi connectivity index (χ1v) is 5.56. The van der Waals surface area contributed by atoms with Gasteiger partial charge in [0.15, 0.2) is 0 Å². The second kappa shape index (κ2) is 4.03. The lowest BCUT2D eigenvalue weighted by atomic mass is 9.98. The molecule has 1 aliphatic rings. The first-order chi connectivity index (χ1) is 9.20. The van der Waals surface area contributed by atoms with Crippen LogP contribution in [0.25, 0.3) is 5.82 Å². The van der Waals surface area contributed by atoms with Gasteiger partial charge in [-0.3, -0.25) is 0 Å². The summed E-state index contributed by atoms with van der Waals surface area (Å²) in [4.78, 5) is 4.04. The smallest absolute Gasteiger partial charge is 0.228 e. The Kier molecular flexibility index (Phi) is 2.35. The fraction of sp³-hybridized carbons (Fsp3) is 0.0833. The van der Waals surface area contributed by atoms with Gasteiger partial charge in [0.25, 0.3) is 0 Å². The van der Waals surface area contributed by atoms with E-state index in [-0.39, 0.29) is 11.6 Å². The normalized spacial score (nSPS) is 17.5. The van der Waals surface area contributed by atoms with Crippen molar-refractivity contribution in [1.29, 1.82) is 5.26 Å². The summed E-state index contributed by atoms with van der Waals surface area (Å²) in [6, 6.07) is 8.25. The maximum Gasteiger partial charge on any atom is 0.228 e. The number of aromatic nitrogens is 3. The molecule has 94 valence electrons. The molecule has 0 saturated carbocycles. The number of nitrogens with one attached hydrogen (secondary N) is 1. The molecule has 0 amide bonds. The Hall–Kier alpha value is -3.01. The quantitative estimate of drug-likeness (QED) is 0.693. The standard InChI is InChI=1S/C12H10N6O/c13-5-9-10(7-1-3-8(19)4-2-7)17-12-15-6-16-18(12)11(9)14/h1-4,6,10,19H,14H2,(H,15,16,17)/t10-/m0/s1. The van der Waals surface area contributed by atoms with Gasteiger partial charge in [-0.25, -0.2) is 0 Å². The minimum atomic E-state index is -0.401. The third-order valence-electron chi connectivity index (χ3n) is 2.96. The molecule has 2 aromatic rings. The van der Waals surface area contributed by atoms with Crippen molar-refractivity contribution in [2.75, 3.05) is 5.32 Å². The van der Waals surface area contributed by atoms with E-state index >= 15 is 0 Å². The van der Waals surface area contributed by atoms with E-state index in [0.717, 1.165) is 5.56 Å². The lowest BCUT2D eigenvalue weighted by Gasteiger charge is -2.25. The van der Waals surface area contributed by atoms with Crippen molar-refractivity contribution >= 4 is 11.8 Å². The molecule has 0 bridgehead atoms. The summed E-state index contributed by atoms with van der Waals surface area (Å²) >= 11 is 0. The molecule has 1 aromatic carbocycles. The number of hydrogen-bond donors (Lipinski definition) is 3. The van der Waals surface area contributed by atoms with E-state index in [4.69, 9.17) is 5.73 Å². The molecule has 0 fully saturated rings. The Balaban J connectivity index is 2.11. The second-order valence-corrected chi connectivity index (χ2v) is 4.08. The summed E-state index contributed by atoms with van der Waals surface area (Å²) in [6.45, 7) is 0. The Morgan fingerprint density at radius 1 is 1.37 bits per heavy atom. The van der Waals surface area contributed by atoms with E-state index in [1.165, 1.54) is 11.0 Å². The number of nitrogens with two attached hydrogens (primary N) is 1. The van der Waals surface area contributed by atoms with E-state index in [1.807, 2.05) is 0 Å². The minimum Gasteiger partial charge on any atom is -0.508 e. The number of phenolic OH excluding ortho intramolecular Hbond substituents is 1. The third-order valence-corrected chi connectivity index (χ3v) is 2.96. The van der Waals surface area contributed by atoms with Crippen LogP contribution in [0.2, 0.25) is 0 Å². The predicted molar refractivity (Wildman–Crippen MR) is 67.5 cm³/mol. The lowest BCUT2D eigenvalue weighted by molar-refractivity contribution is 0.475. The number of fused-ring (bicyclic) bond motifs is 1. The molecule has 19 heavy (non-hydrogen) atoms. The largest absolute Gasteiger partial charge is 0.508 e. The van der Waals surface area contributed by atoms with Crippen LogP contribution < -0.4 is 11.1 Å². The van der Waals surface area contributed by atoms with Crippen molar-refractivity contribution in [2.45, 2.75) is 6.04 Å². The highest BCUT2D eigenvalue weighted by atomic mass is 16.3. The van der Waals surface area contributed by atoms with E-state index in [0.29, 0.717) is 11.5 Å². The molecule has 0 aliphatic carbocycles. The molecule has 7 nitrogen and oxygen atoms in total. The number of nitrogens with zero attached hydrogens (tertiary/aromatic N) is 4. The second-order valence-electron chi connectivity index (χ2n) is 4.08. The predicted octanol–water partition coefficient (Wildman–Crippen LogP) is 0.801. The van der Waals surface area contributed by atoms with Gasteiger partial charge >= 0.3 is 0 Å². The van der Waals surface area contributed by atoms with Gasteiger partial charge in [0.05, 0.1) is 11.6 Å². The van der Waals surface area contributed by atoms with Gasteiger partial charge < -0.3 is 16.2 Å². The fourth-order valence-corrected chi connectivity index (χ4v) is 2.02. The third kappa shape index (κ3) is 1.66. The Bertz CT molecular complexity index is 694. The monoisotopic (exact) mass is 254 g/mol. The number of benzene rings is 1. The summed E-state index contributed by atoms with van der Waals surface area (Å²) in [5.41, 5.74) is 7.11. The van der Waals surface area contributed by atoms with Crippen molar-refractivity contribution in [2.24, 2.45) is 5.73 Å². The van der Waals surface area contributed by atoms with Gasteiger partial charge in [0.2, 0.25) is 5.95 Å². The highest BCUT2D eigenvalue weighted by Gasteiger charge is 2.28. The topological polar surface area (TPSA) is 113 Å². The van der Waals surface area contributed by atoms with Crippen molar-refractivity contribution in [1.82, 2.24) is 14.8 Å². The van der Waals surface area contributed by atoms with Crippen LogP contribution in [-0.4, -0.2) is 19.9 Å². The Morgan fingerprint density at radius 2 is 2.11 bits per heavy atom. The number of rotatable bonds is 1. The SMILES string of the molecule is N#CC1=C(N)n2ncnc2N[C@H]1c1ccc(O)cc1. The fourth-order valence-electron chi connectivity index (χ4n) is 2.02. The van der Waals surface area contributed by atoms with Gasteiger partial charge in [0.1, 0.15) is 24.0 Å². The van der Waals surface area contributed by atoms with Gasteiger partial charge in [-0.15, -0.1) is 0 Å². The van der Waals surface area contributed by atoms with E-state index in [9.17, 15) is 10.4 Å². The van der Waals surface area contributed by atoms with E-state index in [2.05, 4.69) is 21.5 Å². The highest BCUT2D eigenvalue weighted by Crippen LogP contribution is 2.32. The van der Waals surface area contributed by atoms with Crippen LogP contribution >= 0.6 is 0 Å². The average Bonchev–Trinajstić information content (AvgIpc) is 2.88. The van der Waals surface area contributed by atoms with Crippen LogP contribution in [-0.2, 0) is 0 Å². The van der Waals surface area contributed by atoms with Crippen molar-refractivity contribution in [3.05, 3.63) is 41.7 Å². The molecule has 0 radical (unpaired) electrons. The Labute approximate surface area is 108 Å². The molecule has 3 rings (SSSR count). The van der Waals surface area contributed by atoms with E-state index < -0.39 is 6.04 Å². The molecule has 4 N–H and O–H groups in total. The lowest BCUT2D eigenvalue weighted by Crippen LogP contribution is -2.27. The van der Waals surface area contributed by atoms with Crippen LogP contribution in [0.1, 0.15) is 11.6 Å². The zero-order valence-electron chi connectivity index (χ0n) is 9.78. The summed E-state index contributed by atoms with van der Waals surface area (Å²) in [5, 5.41) is 25.6. The van der Waals surface area contributed by atoms with Crippen LogP contribution in [0.3, 0.4) is 0 Å². The van der Waals surface area contributed by atoms with Crippen LogP contribution in [0.5, 0.6) is 5.75 Å². The molecule has 0 unspecified atom stereocenters. The van der Waals surface area contributed by atoms with Gasteiger partial charge in [0, 0.05) is 0 Å². The van der Waals surface area contributed by atoms with Crippen LogP contribution in [0.4, 0.5) is 5.95 Å². The number of hydrogen-bond acceptors (Lipinski definition) is 6. The Morgan fingerprint density at radius 3 is 2.79 bits per heavy atom. The van der Waals surface area contributed by atoms with Crippen molar-refractivity contribution < 1.29 is 5.11 Å². The molecular weight excluding hydrogens is 244 g/mol. The molecule has 1 aromatic heterocycles. The summed E-state index contributed by atoms with van der Waals surface area (Å²) in [7, 11) is 0. The first kappa shape index (κ1) is 11.1. The highest BCUT2D eigenvalue weighted by molar-refractivity contribution is 5.65. The van der Waals surface area contributed by atoms with Crippen molar-refractivity contribution in [3.63, 3.8) is 0 Å². The molecule has 1 atom stereocenters. The molecule has 0 spiro atoms. The van der Waals surface area contributed by atoms with Crippen LogP contribution in [0, 0.1) is 11.3 Å². The van der Waals surface area contributed by atoms with Gasteiger partial charge in [-0.05, 0) is 17.7 Å². The van der Waals surface area contributed by atoms with Crippen LogP contribution in [0.15, 0.2) is 36.2 Å². The molecular formula is C12H10N6O. The minimum absolute atomic E-state index is 0.165. The number of aromatic hydroxyl groups is 1. The molecule has 1 aliphatic heterocycles. The number of anilines is 1. The molecule has 7 heteroatoms. The molecule has 0 saturated heterocycles. The van der Waals surface area contributed by atoms with Crippen molar-refractivity contribution in [3.8, 4) is 11.8 Å². The summed E-state index contributed by atoms with van der Waals surface area (Å²) in [6.07, 6.45) is 1.36. The molecule has 2 heterocycles. The number of nitriles is 1. The van der Waals surface area contributed by atoms with Gasteiger partial charge in [-0.1, -0.05) is 12.1 Å². The zero-order valence-corrected chi connectivity index (χ0v) is 9.78. The maximum absolute atomic E-state index is 9.31. The number of phenols is 1. The average molecular weight is 254 g/mol. The van der Waals surface area contributed by atoms with E-state index in [1.54, 1.807) is 24.3 Å². The summed E-state index contributed by atoms with van der Waals surface area (Å²) in [5.74, 6) is 0.902.